The third kappa shape index (κ3) is 4.83. The van der Waals surface area contributed by atoms with Crippen LogP contribution in [0.4, 0.5) is 16.3 Å². The number of benzene rings is 3. The number of carbonyl (C=O) groups excluding carboxylic acids is 1. The van der Waals surface area contributed by atoms with Crippen LogP contribution in [0, 0.1) is 12.7 Å². The monoisotopic (exact) mass is 455 g/mol. The molecule has 0 spiro atoms. The molecule has 172 valence electrons. The molecule has 1 aliphatic rings. The van der Waals surface area contributed by atoms with Crippen LogP contribution in [-0.4, -0.2) is 20.7 Å². The Morgan fingerprint density at radius 2 is 1.74 bits per heavy atom. The second-order valence-corrected chi connectivity index (χ2v) is 8.65. The van der Waals surface area contributed by atoms with Crippen molar-refractivity contribution in [1.29, 1.82) is 0 Å². The number of fused-ring (bicyclic) bond motifs is 1. The van der Waals surface area contributed by atoms with Crippen LogP contribution in [0.15, 0.2) is 78.9 Å². The molecule has 2 atom stereocenters. The van der Waals surface area contributed by atoms with Gasteiger partial charge in [0.25, 0.3) is 5.95 Å². The lowest BCUT2D eigenvalue weighted by Gasteiger charge is -2.31. The lowest BCUT2D eigenvalue weighted by molar-refractivity contribution is -0.116. The summed E-state index contributed by atoms with van der Waals surface area (Å²) in [6.45, 7) is 2.06. The lowest BCUT2D eigenvalue weighted by Crippen LogP contribution is -2.28. The Bertz CT molecular complexity index is 1270. The zero-order valence-corrected chi connectivity index (χ0v) is 18.9. The molecule has 7 heteroatoms. The fourth-order valence-corrected chi connectivity index (χ4v) is 4.30. The maximum absolute atomic E-state index is 13.6. The van der Waals surface area contributed by atoms with Gasteiger partial charge in [-0.2, -0.15) is 4.98 Å². The van der Waals surface area contributed by atoms with Crippen LogP contribution >= 0.6 is 0 Å². The molecule has 2 N–H and O–H groups in total. The molecule has 4 aromatic rings. The van der Waals surface area contributed by atoms with E-state index in [4.69, 9.17) is 0 Å². The van der Waals surface area contributed by atoms with Gasteiger partial charge in [0.05, 0.1) is 12.1 Å². The minimum Gasteiger partial charge on any atom is -0.347 e. The van der Waals surface area contributed by atoms with Crippen molar-refractivity contribution in [3.63, 3.8) is 0 Å². The summed E-state index contributed by atoms with van der Waals surface area (Å²) >= 11 is 0. The average Bonchev–Trinajstić information content (AvgIpc) is 3.26. The fourth-order valence-electron chi connectivity index (χ4n) is 4.30. The average molecular weight is 456 g/mol. The first-order chi connectivity index (χ1) is 16.5. The van der Waals surface area contributed by atoms with Crippen LogP contribution in [0.25, 0.3) is 0 Å². The van der Waals surface area contributed by atoms with Crippen molar-refractivity contribution in [1.82, 2.24) is 14.8 Å². The molecule has 1 amide bonds. The summed E-state index contributed by atoms with van der Waals surface area (Å²) < 4.78 is 15.4. The first-order valence-corrected chi connectivity index (χ1v) is 11.4. The molecule has 3 aromatic carbocycles. The summed E-state index contributed by atoms with van der Waals surface area (Å²) in [6.07, 6.45) is 1.70. The molecule has 0 bridgehead atoms. The summed E-state index contributed by atoms with van der Waals surface area (Å²) in [7, 11) is 0. The number of aromatic nitrogens is 3. The highest BCUT2D eigenvalue weighted by atomic mass is 19.1. The number of carbonyl (C=O) groups is 1. The van der Waals surface area contributed by atoms with E-state index in [0.717, 1.165) is 16.7 Å². The van der Waals surface area contributed by atoms with E-state index in [1.54, 1.807) is 16.8 Å². The maximum atomic E-state index is 13.6. The minimum atomic E-state index is -0.280. The van der Waals surface area contributed by atoms with E-state index in [2.05, 4.69) is 51.9 Å². The number of amides is 1. The van der Waals surface area contributed by atoms with E-state index in [1.165, 1.54) is 17.7 Å². The summed E-state index contributed by atoms with van der Waals surface area (Å²) in [4.78, 5) is 17.1. The normalized spacial score (nSPS) is 17.0. The molecule has 34 heavy (non-hydrogen) atoms. The quantitative estimate of drug-likeness (QED) is 0.406. The van der Waals surface area contributed by atoms with Gasteiger partial charge in [-0.1, -0.05) is 72.3 Å². The Hall–Kier alpha value is -4.00. The third-order valence-corrected chi connectivity index (χ3v) is 6.16. The van der Waals surface area contributed by atoms with Gasteiger partial charge in [0.15, 0.2) is 0 Å². The number of rotatable bonds is 6. The first-order valence-electron chi connectivity index (χ1n) is 11.4. The smallest absolute Gasteiger partial charge is 0.250 e. The van der Waals surface area contributed by atoms with Gasteiger partial charge < -0.3 is 5.32 Å². The van der Waals surface area contributed by atoms with Crippen molar-refractivity contribution in [2.24, 2.45) is 0 Å². The number of anilines is 2. The molecular formula is C27H26FN5O. The molecule has 0 saturated carbocycles. The van der Waals surface area contributed by atoms with E-state index in [0.29, 0.717) is 25.2 Å². The van der Waals surface area contributed by atoms with Crippen molar-refractivity contribution in [2.45, 2.75) is 38.3 Å². The molecule has 0 saturated heterocycles. The molecule has 0 unspecified atom stereocenters. The second kappa shape index (κ2) is 9.47. The number of hydrogen-bond donors (Lipinski definition) is 2. The van der Waals surface area contributed by atoms with E-state index < -0.39 is 0 Å². The molecule has 0 radical (unpaired) electrons. The van der Waals surface area contributed by atoms with E-state index in [1.807, 2.05) is 30.3 Å². The van der Waals surface area contributed by atoms with Gasteiger partial charge in [-0.05, 0) is 48.6 Å². The predicted molar refractivity (Wildman–Crippen MR) is 130 cm³/mol. The fraction of sp³-hybridized carbons (Fsp3) is 0.222. The Labute approximate surface area is 197 Å². The maximum Gasteiger partial charge on any atom is 0.250 e. The number of hydrogen-bond acceptors (Lipinski definition) is 4. The van der Waals surface area contributed by atoms with Gasteiger partial charge in [0.2, 0.25) is 11.9 Å². The highest BCUT2D eigenvalue weighted by Gasteiger charge is 2.31. The summed E-state index contributed by atoms with van der Waals surface area (Å²) in [6, 6.07) is 24.6. The minimum absolute atomic E-state index is 0.00832. The molecule has 6 nitrogen and oxygen atoms in total. The van der Waals surface area contributed by atoms with Crippen molar-refractivity contribution in [2.75, 3.05) is 10.6 Å². The molecule has 1 aliphatic heterocycles. The van der Waals surface area contributed by atoms with Crippen molar-refractivity contribution >= 4 is 17.8 Å². The predicted octanol–water partition coefficient (Wildman–Crippen LogP) is 5.44. The standard InChI is InChI=1S/C27H26FN5O/c1-18-7-10-20(11-8-18)23-17-24(21-12-14-22(28)15-13-21)33-27(29-23)31-26(32-33)30-25(34)16-9-19-5-3-2-4-6-19/h2-8,10-15,23-24H,9,16-17H2,1H3,(H2,29,30,31,32,34)/t23-,24-/m0/s1. The van der Waals surface area contributed by atoms with E-state index in [9.17, 15) is 9.18 Å². The first kappa shape index (κ1) is 21.8. The largest absolute Gasteiger partial charge is 0.347 e. The van der Waals surface area contributed by atoms with Crippen LogP contribution in [0.1, 0.15) is 47.2 Å². The van der Waals surface area contributed by atoms with Gasteiger partial charge in [-0.15, -0.1) is 5.10 Å². The highest BCUT2D eigenvalue weighted by Crippen LogP contribution is 2.38. The van der Waals surface area contributed by atoms with Gasteiger partial charge in [0, 0.05) is 6.42 Å². The Kier molecular flexibility index (Phi) is 6.08. The van der Waals surface area contributed by atoms with E-state index >= 15 is 0 Å². The molecule has 5 rings (SSSR count). The summed E-state index contributed by atoms with van der Waals surface area (Å²) in [5.74, 6) is 0.417. The van der Waals surface area contributed by atoms with Gasteiger partial charge in [-0.25, -0.2) is 9.07 Å². The number of aryl methyl sites for hydroxylation is 2. The summed E-state index contributed by atoms with van der Waals surface area (Å²) in [5.41, 5.74) is 4.38. The van der Waals surface area contributed by atoms with Crippen LogP contribution in [-0.2, 0) is 11.2 Å². The molecule has 1 aromatic heterocycles. The van der Waals surface area contributed by atoms with Crippen molar-refractivity contribution < 1.29 is 9.18 Å². The zero-order chi connectivity index (χ0) is 23.5. The summed E-state index contributed by atoms with van der Waals surface area (Å²) in [5, 5.41) is 10.9. The molecule has 2 heterocycles. The van der Waals surface area contributed by atoms with Gasteiger partial charge >= 0.3 is 0 Å². The van der Waals surface area contributed by atoms with Crippen LogP contribution in [0.3, 0.4) is 0 Å². The molecular weight excluding hydrogens is 429 g/mol. The Morgan fingerprint density at radius 3 is 2.47 bits per heavy atom. The van der Waals surface area contributed by atoms with Crippen LogP contribution in [0.2, 0.25) is 0 Å². The van der Waals surface area contributed by atoms with Crippen LogP contribution < -0.4 is 10.6 Å². The highest BCUT2D eigenvalue weighted by molar-refractivity contribution is 5.89. The number of halogens is 1. The SMILES string of the molecule is Cc1ccc([C@@H]2C[C@@H](c3ccc(F)cc3)n3nc(NC(=O)CCc4ccccc4)nc3N2)cc1. The lowest BCUT2D eigenvalue weighted by atomic mass is 9.93. The van der Waals surface area contributed by atoms with Crippen molar-refractivity contribution in [3.8, 4) is 0 Å². The van der Waals surface area contributed by atoms with Crippen LogP contribution in [0.5, 0.6) is 0 Å². The topological polar surface area (TPSA) is 71.8 Å². The Morgan fingerprint density at radius 1 is 1.03 bits per heavy atom. The van der Waals surface area contributed by atoms with Gasteiger partial charge in [0.1, 0.15) is 5.82 Å². The van der Waals surface area contributed by atoms with E-state index in [-0.39, 0.29) is 29.8 Å². The third-order valence-electron chi connectivity index (χ3n) is 6.16. The molecule has 0 aliphatic carbocycles. The zero-order valence-electron chi connectivity index (χ0n) is 18.9. The molecule has 0 fully saturated rings. The van der Waals surface area contributed by atoms with Gasteiger partial charge in [-0.3, -0.25) is 10.1 Å². The number of nitrogens with one attached hydrogen (secondary N) is 2. The Balaban J connectivity index is 1.38. The van der Waals surface area contributed by atoms with Crippen molar-refractivity contribution in [3.05, 3.63) is 107 Å². The second-order valence-electron chi connectivity index (χ2n) is 8.65. The number of nitrogens with zero attached hydrogens (tertiary/aromatic N) is 3.